The molecule has 2 aliphatic heterocycles. The lowest BCUT2D eigenvalue weighted by atomic mass is 9.99. The van der Waals surface area contributed by atoms with Gasteiger partial charge in [0.1, 0.15) is 0 Å². The van der Waals surface area contributed by atoms with Gasteiger partial charge in [0.25, 0.3) is 0 Å². The molecule has 2 saturated heterocycles. The fraction of sp³-hybridized carbons (Fsp3) is 1.00. The van der Waals surface area contributed by atoms with E-state index in [1.807, 2.05) is 0 Å². The predicted octanol–water partition coefficient (Wildman–Crippen LogP) is 2.19. The normalized spacial score (nSPS) is 34.8. The van der Waals surface area contributed by atoms with E-state index >= 15 is 0 Å². The van der Waals surface area contributed by atoms with Crippen molar-refractivity contribution in [3.05, 3.63) is 0 Å². The van der Waals surface area contributed by atoms with Crippen LogP contribution in [0.25, 0.3) is 0 Å². The molecule has 0 N–H and O–H groups in total. The largest absolute Gasteiger partial charge is 0.302 e. The fourth-order valence-corrected chi connectivity index (χ4v) is 3.25. The number of likely N-dealkylation sites (tertiary alicyclic amines) is 2. The van der Waals surface area contributed by atoms with Crippen molar-refractivity contribution in [2.45, 2.75) is 31.0 Å². The summed E-state index contributed by atoms with van der Waals surface area (Å²) in [4.78, 5) is 5.95. The Labute approximate surface area is 102 Å². The SMILES string of the molecule is CC1CCN(CCN2CCCC2)CC1Br. The molecule has 0 radical (unpaired) electrons. The minimum absolute atomic E-state index is 0.713. The van der Waals surface area contributed by atoms with E-state index in [4.69, 9.17) is 0 Å². The van der Waals surface area contributed by atoms with Gasteiger partial charge in [0.15, 0.2) is 0 Å². The number of rotatable bonds is 3. The summed E-state index contributed by atoms with van der Waals surface area (Å²) in [6.07, 6.45) is 4.19. The average molecular weight is 275 g/mol. The van der Waals surface area contributed by atoms with Gasteiger partial charge < -0.3 is 9.80 Å². The Hall–Kier alpha value is 0.400. The molecule has 15 heavy (non-hydrogen) atoms. The Kier molecular flexibility index (Phi) is 4.47. The van der Waals surface area contributed by atoms with Crippen molar-refractivity contribution >= 4 is 15.9 Å². The van der Waals surface area contributed by atoms with Gasteiger partial charge in [-0.3, -0.25) is 0 Å². The van der Waals surface area contributed by atoms with Crippen LogP contribution >= 0.6 is 15.9 Å². The maximum Gasteiger partial charge on any atom is 0.0299 e. The predicted molar refractivity (Wildman–Crippen MR) is 68.6 cm³/mol. The first kappa shape index (κ1) is 11.9. The summed E-state index contributed by atoms with van der Waals surface area (Å²) in [5, 5.41) is 0. The van der Waals surface area contributed by atoms with Crippen molar-refractivity contribution in [3.63, 3.8) is 0 Å². The van der Waals surface area contributed by atoms with Crippen LogP contribution in [0.2, 0.25) is 0 Å². The van der Waals surface area contributed by atoms with E-state index in [0.29, 0.717) is 4.83 Å². The van der Waals surface area contributed by atoms with Gasteiger partial charge in [-0.05, 0) is 44.8 Å². The van der Waals surface area contributed by atoms with Crippen LogP contribution in [0.15, 0.2) is 0 Å². The van der Waals surface area contributed by atoms with Crippen LogP contribution in [0.1, 0.15) is 26.2 Å². The summed E-state index contributed by atoms with van der Waals surface area (Å²) >= 11 is 3.79. The van der Waals surface area contributed by atoms with Crippen molar-refractivity contribution < 1.29 is 0 Å². The highest BCUT2D eigenvalue weighted by Crippen LogP contribution is 2.23. The average Bonchev–Trinajstić information content (AvgIpc) is 2.73. The summed E-state index contributed by atoms with van der Waals surface area (Å²) in [5.41, 5.74) is 0. The first-order valence-corrected chi connectivity index (χ1v) is 7.26. The van der Waals surface area contributed by atoms with Crippen LogP contribution in [0.4, 0.5) is 0 Å². The Balaban J connectivity index is 1.66. The van der Waals surface area contributed by atoms with Crippen molar-refractivity contribution in [2.24, 2.45) is 5.92 Å². The van der Waals surface area contributed by atoms with E-state index < -0.39 is 0 Å². The Morgan fingerprint density at radius 2 is 1.73 bits per heavy atom. The summed E-state index contributed by atoms with van der Waals surface area (Å²) in [7, 11) is 0. The Bertz CT molecular complexity index is 192. The minimum atomic E-state index is 0.713. The van der Waals surface area contributed by atoms with Crippen LogP contribution in [-0.2, 0) is 0 Å². The molecule has 88 valence electrons. The number of piperidine rings is 1. The number of hydrogen-bond acceptors (Lipinski definition) is 2. The third-order valence-electron chi connectivity index (χ3n) is 3.88. The smallest absolute Gasteiger partial charge is 0.0299 e. The van der Waals surface area contributed by atoms with Gasteiger partial charge in [-0.1, -0.05) is 22.9 Å². The lowest BCUT2D eigenvalue weighted by molar-refractivity contribution is 0.177. The summed E-state index contributed by atoms with van der Waals surface area (Å²) in [6.45, 7) is 10.1. The van der Waals surface area contributed by atoms with E-state index in [1.165, 1.54) is 58.5 Å². The van der Waals surface area contributed by atoms with Crippen LogP contribution in [0.3, 0.4) is 0 Å². The van der Waals surface area contributed by atoms with Gasteiger partial charge >= 0.3 is 0 Å². The van der Waals surface area contributed by atoms with Gasteiger partial charge in [-0.15, -0.1) is 0 Å². The van der Waals surface area contributed by atoms with Gasteiger partial charge in [-0.2, -0.15) is 0 Å². The third-order valence-corrected chi connectivity index (χ3v) is 5.07. The molecule has 0 amide bonds. The van der Waals surface area contributed by atoms with Crippen LogP contribution in [-0.4, -0.2) is 53.9 Å². The van der Waals surface area contributed by atoms with E-state index in [9.17, 15) is 0 Å². The topological polar surface area (TPSA) is 6.48 Å². The Morgan fingerprint density at radius 1 is 1.07 bits per heavy atom. The van der Waals surface area contributed by atoms with E-state index in [1.54, 1.807) is 0 Å². The van der Waals surface area contributed by atoms with Crippen LogP contribution in [0.5, 0.6) is 0 Å². The second-order valence-corrected chi connectivity index (χ2v) is 6.31. The molecule has 2 unspecified atom stereocenters. The number of alkyl halides is 1. The highest BCUT2D eigenvalue weighted by molar-refractivity contribution is 9.09. The molecular weight excluding hydrogens is 252 g/mol. The molecule has 2 heterocycles. The van der Waals surface area contributed by atoms with E-state index in [0.717, 1.165) is 5.92 Å². The summed E-state index contributed by atoms with van der Waals surface area (Å²) in [6, 6.07) is 0. The quantitative estimate of drug-likeness (QED) is 0.728. The highest BCUT2D eigenvalue weighted by Gasteiger charge is 2.24. The number of nitrogens with zero attached hydrogens (tertiary/aromatic N) is 2. The zero-order chi connectivity index (χ0) is 10.7. The van der Waals surface area contributed by atoms with Gasteiger partial charge in [0.2, 0.25) is 0 Å². The molecule has 0 saturated carbocycles. The molecule has 2 nitrogen and oxygen atoms in total. The third kappa shape index (κ3) is 3.43. The van der Waals surface area contributed by atoms with E-state index in [2.05, 4.69) is 32.7 Å². The van der Waals surface area contributed by atoms with Gasteiger partial charge in [0, 0.05) is 24.5 Å². The Morgan fingerprint density at radius 3 is 2.40 bits per heavy atom. The molecule has 0 aromatic carbocycles. The summed E-state index contributed by atoms with van der Waals surface area (Å²) < 4.78 is 0. The molecule has 0 aromatic heterocycles. The maximum atomic E-state index is 3.79. The molecule has 2 aliphatic rings. The van der Waals surface area contributed by atoms with Crippen molar-refractivity contribution in [3.8, 4) is 0 Å². The number of hydrogen-bond donors (Lipinski definition) is 0. The lowest BCUT2D eigenvalue weighted by Gasteiger charge is -2.35. The van der Waals surface area contributed by atoms with Crippen LogP contribution in [0, 0.1) is 5.92 Å². The molecule has 0 spiro atoms. The van der Waals surface area contributed by atoms with Crippen LogP contribution < -0.4 is 0 Å². The number of halogens is 1. The highest BCUT2D eigenvalue weighted by atomic mass is 79.9. The molecule has 0 bridgehead atoms. The maximum absolute atomic E-state index is 3.79. The second-order valence-electron chi connectivity index (χ2n) is 5.13. The minimum Gasteiger partial charge on any atom is -0.302 e. The fourth-order valence-electron chi connectivity index (χ4n) is 2.58. The van der Waals surface area contributed by atoms with Crippen molar-refractivity contribution in [1.82, 2.24) is 9.80 Å². The zero-order valence-corrected chi connectivity index (χ0v) is 11.4. The molecule has 3 heteroatoms. The van der Waals surface area contributed by atoms with E-state index in [-0.39, 0.29) is 0 Å². The molecule has 2 rings (SSSR count). The lowest BCUT2D eigenvalue weighted by Crippen LogP contribution is -2.43. The first-order valence-electron chi connectivity index (χ1n) is 6.34. The first-order chi connectivity index (χ1) is 7.25. The molecule has 0 aromatic rings. The molecule has 2 fully saturated rings. The molecule has 0 aliphatic carbocycles. The second kappa shape index (κ2) is 5.65. The summed E-state index contributed by atoms with van der Waals surface area (Å²) in [5.74, 6) is 0.855. The standard InChI is InChI=1S/C12H23BrN2/c1-11-4-7-15(10-12(11)13)9-8-14-5-2-3-6-14/h11-12H,2-10H2,1H3. The monoisotopic (exact) mass is 274 g/mol. The zero-order valence-electron chi connectivity index (χ0n) is 9.79. The van der Waals surface area contributed by atoms with Gasteiger partial charge in [-0.25, -0.2) is 0 Å². The molecular formula is C12H23BrN2. The van der Waals surface area contributed by atoms with Crippen molar-refractivity contribution in [1.29, 1.82) is 0 Å². The van der Waals surface area contributed by atoms with Crippen molar-refractivity contribution in [2.75, 3.05) is 39.3 Å². The van der Waals surface area contributed by atoms with Gasteiger partial charge in [0.05, 0.1) is 0 Å². The molecule has 2 atom stereocenters.